The predicted molar refractivity (Wildman–Crippen MR) is 105 cm³/mol. The molecule has 0 bridgehead atoms. The smallest absolute Gasteiger partial charge is 0.328 e. The van der Waals surface area contributed by atoms with Gasteiger partial charge in [-0.2, -0.15) is 0 Å². The fraction of sp³-hybridized carbons (Fsp3) is 0.529. The molecular formula is C17H27N7O7. The topological polar surface area (TPSA) is 243 Å². The number of imidazole rings is 1. The Labute approximate surface area is 177 Å². The van der Waals surface area contributed by atoms with Gasteiger partial charge in [-0.25, -0.2) is 9.78 Å². The van der Waals surface area contributed by atoms with E-state index in [-0.39, 0.29) is 19.3 Å². The third-order valence-electron chi connectivity index (χ3n) is 4.20. The zero-order chi connectivity index (χ0) is 23.6. The van der Waals surface area contributed by atoms with Gasteiger partial charge in [-0.3, -0.25) is 19.2 Å². The van der Waals surface area contributed by atoms with Crippen molar-refractivity contribution in [2.45, 2.75) is 50.4 Å². The largest absolute Gasteiger partial charge is 0.480 e. The fourth-order valence-corrected chi connectivity index (χ4v) is 2.39. The summed E-state index contributed by atoms with van der Waals surface area (Å²) in [6.45, 7) is 0.508. The van der Waals surface area contributed by atoms with Gasteiger partial charge < -0.3 is 42.6 Å². The minimum Gasteiger partial charge on any atom is -0.480 e. The summed E-state index contributed by atoms with van der Waals surface area (Å²) in [6, 6.07) is -4.96. The normalized spacial score (nSPS) is 14.5. The van der Waals surface area contributed by atoms with E-state index in [1.165, 1.54) is 19.4 Å². The molecule has 0 aliphatic carbocycles. The van der Waals surface area contributed by atoms with Gasteiger partial charge in [0.05, 0.1) is 19.0 Å². The van der Waals surface area contributed by atoms with Crippen LogP contribution in [0.5, 0.6) is 0 Å². The summed E-state index contributed by atoms with van der Waals surface area (Å²) in [5.74, 6) is -4.37. The van der Waals surface area contributed by atoms with Crippen LogP contribution in [0.25, 0.3) is 0 Å². The number of aromatic amines is 1. The van der Waals surface area contributed by atoms with Crippen molar-refractivity contribution in [2.75, 3.05) is 6.61 Å². The molecule has 0 spiro atoms. The van der Waals surface area contributed by atoms with Crippen LogP contribution in [0.4, 0.5) is 0 Å². The van der Waals surface area contributed by atoms with E-state index in [9.17, 15) is 24.0 Å². The number of primary amides is 1. The summed E-state index contributed by atoms with van der Waals surface area (Å²) in [5, 5.41) is 25.0. The van der Waals surface area contributed by atoms with Crippen LogP contribution in [-0.2, 0) is 30.4 Å². The zero-order valence-electron chi connectivity index (χ0n) is 16.8. The minimum absolute atomic E-state index is 0.00189. The molecule has 14 heteroatoms. The SMILES string of the molecule is CC(NC(=O)C(N)CCC(N)=O)C(=O)NC(Cc1cnc[nH]1)C(=O)NC(CO)C(=O)O. The van der Waals surface area contributed by atoms with Crippen molar-refractivity contribution in [3.63, 3.8) is 0 Å². The molecule has 1 aromatic heterocycles. The molecule has 0 saturated heterocycles. The molecule has 4 unspecified atom stereocenters. The fourth-order valence-electron chi connectivity index (χ4n) is 2.39. The number of nitrogens with zero attached hydrogens (tertiary/aromatic N) is 1. The van der Waals surface area contributed by atoms with Crippen LogP contribution in [0.3, 0.4) is 0 Å². The Kier molecular flexibility index (Phi) is 10.1. The number of hydrogen-bond donors (Lipinski definition) is 8. The van der Waals surface area contributed by atoms with Gasteiger partial charge in [0.25, 0.3) is 0 Å². The lowest BCUT2D eigenvalue weighted by Crippen LogP contribution is -2.57. The van der Waals surface area contributed by atoms with E-state index >= 15 is 0 Å². The maximum Gasteiger partial charge on any atom is 0.328 e. The van der Waals surface area contributed by atoms with E-state index < -0.39 is 60.4 Å². The highest BCUT2D eigenvalue weighted by atomic mass is 16.4. The minimum atomic E-state index is -1.56. The number of aliphatic carboxylic acids is 1. The molecule has 10 N–H and O–H groups in total. The van der Waals surface area contributed by atoms with Gasteiger partial charge in [0, 0.05) is 24.7 Å². The number of aromatic nitrogens is 2. The highest BCUT2D eigenvalue weighted by Gasteiger charge is 2.29. The Morgan fingerprint density at radius 2 is 1.74 bits per heavy atom. The van der Waals surface area contributed by atoms with Crippen LogP contribution in [0.15, 0.2) is 12.5 Å². The van der Waals surface area contributed by atoms with E-state index in [1.54, 1.807) is 0 Å². The number of H-pyrrole nitrogens is 1. The summed E-state index contributed by atoms with van der Waals surface area (Å²) < 4.78 is 0. The Hall–Kier alpha value is -3.52. The van der Waals surface area contributed by atoms with Crippen LogP contribution in [0.2, 0.25) is 0 Å². The van der Waals surface area contributed by atoms with Gasteiger partial charge in [-0.15, -0.1) is 0 Å². The highest BCUT2D eigenvalue weighted by Crippen LogP contribution is 2.02. The number of aliphatic hydroxyl groups excluding tert-OH is 1. The molecule has 1 heterocycles. The van der Waals surface area contributed by atoms with Gasteiger partial charge in [-0.1, -0.05) is 0 Å². The average molecular weight is 441 g/mol. The molecular weight excluding hydrogens is 414 g/mol. The van der Waals surface area contributed by atoms with Crippen molar-refractivity contribution in [2.24, 2.45) is 11.5 Å². The van der Waals surface area contributed by atoms with Crippen molar-refractivity contribution in [1.29, 1.82) is 0 Å². The van der Waals surface area contributed by atoms with E-state index in [0.29, 0.717) is 5.69 Å². The Morgan fingerprint density at radius 3 is 2.26 bits per heavy atom. The summed E-state index contributed by atoms with van der Waals surface area (Å²) in [6.07, 6.45) is 2.61. The second kappa shape index (κ2) is 12.2. The van der Waals surface area contributed by atoms with Crippen molar-refractivity contribution < 1.29 is 34.2 Å². The second-order valence-corrected chi connectivity index (χ2v) is 6.77. The van der Waals surface area contributed by atoms with Crippen molar-refractivity contribution in [3.8, 4) is 0 Å². The third kappa shape index (κ3) is 8.79. The number of carboxylic acid groups (broad SMARTS) is 1. The second-order valence-electron chi connectivity index (χ2n) is 6.77. The Morgan fingerprint density at radius 1 is 1.10 bits per heavy atom. The lowest BCUT2D eigenvalue weighted by molar-refractivity contribution is -0.143. The van der Waals surface area contributed by atoms with Gasteiger partial charge in [0.2, 0.25) is 23.6 Å². The van der Waals surface area contributed by atoms with Crippen LogP contribution < -0.4 is 27.4 Å². The number of aliphatic hydroxyl groups is 1. The van der Waals surface area contributed by atoms with Crippen molar-refractivity contribution in [1.82, 2.24) is 25.9 Å². The lowest BCUT2D eigenvalue weighted by atomic mass is 10.1. The van der Waals surface area contributed by atoms with Gasteiger partial charge in [0.15, 0.2) is 0 Å². The molecule has 1 aromatic rings. The maximum absolute atomic E-state index is 12.5. The van der Waals surface area contributed by atoms with E-state index in [1.807, 2.05) is 0 Å². The summed E-state index contributed by atoms with van der Waals surface area (Å²) >= 11 is 0. The number of rotatable bonds is 13. The number of carbonyl (C=O) groups is 5. The van der Waals surface area contributed by atoms with Gasteiger partial charge in [0.1, 0.15) is 18.1 Å². The first-order chi connectivity index (χ1) is 14.5. The van der Waals surface area contributed by atoms with E-state index in [4.69, 9.17) is 21.7 Å². The Balaban J connectivity index is 2.79. The average Bonchev–Trinajstić information content (AvgIpc) is 3.21. The molecule has 4 atom stereocenters. The first-order valence-electron chi connectivity index (χ1n) is 9.31. The first-order valence-corrected chi connectivity index (χ1v) is 9.31. The summed E-state index contributed by atoms with van der Waals surface area (Å²) in [7, 11) is 0. The summed E-state index contributed by atoms with van der Waals surface area (Å²) in [5.41, 5.74) is 11.1. The molecule has 0 aliphatic rings. The Bertz CT molecular complexity index is 784. The van der Waals surface area contributed by atoms with Crippen LogP contribution >= 0.6 is 0 Å². The molecule has 31 heavy (non-hydrogen) atoms. The number of carbonyl (C=O) groups excluding carboxylic acids is 4. The maximum atomic E-state index is 12.5. The number of nitrogens with two attached hydrogens (primary N) is 2. The van der Waals surface area contributed by atoms with Crippen molar-refractivity contribution >= 4 is 29.6 Å². The first kappa shape index (κ1) is 25.5. The van der Waals surface area contributed by atoms with Crippen LogP contribution in [-0.4, -0.2) is 80.6 Å². The van der Waals surface area contributed by atoms with Crippen LogP contribution in [0.1, 0.15) is 25.5 Å². The zero-order valence-corrected chi connectivity index (χ0v) is 16.8. The van der Waals surface area contributed by atoms with Gasteiger partial charge in [-0.05, 0) is 13.3 Å². The standard InChI is InChI=1S/C17H27N7O7/c1-8(22-15(28)10(18)2-3-13(19)26)14(27)23-11(4-9-5-20-7-21-9)16(29)24-12(6-25)17(30)31/h5,7-8,10-12,25H,2-4,6,18H2,1H3,(H2,19,26)(H,20,21)(H,22,28)(H,23,27)(H,24,29)(H,30,31). The van der Waals surface area contributed by atoms with Crippen molar-refractivity contribution in [3.05, 3.63) is 18.2 Å². The highest BCUT2D eigenvalue weighted by molar-refractivity contribution is 5.94. The molecule has 4 amide bonds. The number of amides is 4. The number of hydrogen-bond acceptors (Lipinski definition) is 8. The molecule has 172 valence electrons. The van der Waals surface area contributed by atoms with E-state index in [0.717, 1.165) is 0 Å². The molecule has 0 fully saturated rings. The molecule has 1 rings (SSSR count). The van der Waals surface area contributed by atoms with Crippen LogP contribution in [0, 0.1) is 0 Å². The summed E-state index contributed by atoms with van der Waals surface area (Å²) in [4.78, 5) is 65.4. The lowest BCUT2D eigenvalue weighted by Gasteiger charge is -2.23. The molecule has 0 aliphatic heterocycles. The predicted octanol–water partition coefficient (Wildman–Crippen LogP) is -3.90. The molecule has 0 radical (unpaired) electrons. The van der Waals surface area contributed by atoms with E-state index in [2.05, 4.69) is 25.9 Å². The number of nitrogens with one attached hydrogen (secondary N) is 4. The molecule has 0 saturated carbocycles. The quantitative estimate of drug-likeness (QED) is 0.149. The third-order valence-corrected chi connectivity index (χ3v) is 4.20. The number of carboxylic acids is 1. The molecule has 14 nitrogen and oxygen atoms in total. The molecule has 0 aromatic carbocycles. The monoisotopic (exact) mass is 441 g/mol. The van der Waals surface area contributed by atoms with Gasteiger partial charge >= 0.3 is 5.97 Å².